The fourth-order valence-electron chi connectivity index (χ4n) is 1.36. The van der Waals surface area contributed by atoms with E-state index < -0.39 is 0 Å². The van der Waals surface area contributed by atoms with E-state index in [9.17, 15) is 0 Å². The third-order valence-electron chi connectivity index (χ3n) is 1.96. The Balaban J connectivity index is 2.89. The molecule has 0 fully saturated rings. The molecule has 0 saturated carbocycles. The van der Waals surface area contributed by atoms with Crippen molar-refractivity contribution in [2.24, 2.45) is 0 Å². The minimum atomic E-state index is 0.568. The summed E-state index contributed by atoms with van der Waals surface area (Å²) in [5, 5.41) is 0.568. The quantitative estimate of drug-likeness (QED) is 0.718. The monoisotopic (exact) mass is 258 g/mol. The fourth-order valence-corrected chi connectivity index (χ4v) is 2.16. The van der Waals surface area contributed by atoms with Gasteiger partial charge in [0.2, 0.25) is 0 Å². The van der Waals surface area contributed by atoms with E-state index in [1.54, 1.807) is 0 Å². The van der Waals surface area contributed by atoms with Gasteiger partial charge in [-0.15, -0.1) is 0 Å². The summed E-state index contributed by atoms with van der Waals surface area (Å²) in [5.41, 5.74) is 0.952. The summed E-state index contributed by atoms with van der Waals surface area (Å²) in [7, 11) is 0. The normalized spacial score (nSPS) is 11.0. The Labute approximate surface area is 89.7 Å². The van der Waals surface area contributed by atoms with Crippen LogP contribution in [0.25, 0.3) is 5.52 Å². The van der Waals surface area contributed by atoms with Gasteiger partial charge in [-0.3, -0.25) is 4.40 Å². The molecule has 4 heteroatoms. The molecule has 0 aromatic carbocycles. The van der Waals surface area contributed by atoms with Crippen molar-refractivity contribution < 1.29 is 0 Å². The van der Waals surface area contributed by atoms with Gasteiger partial charge in [0.25, 0.3) is 0 Å². The molecule has 0 radical (unpaired) electrons. The van der Waals surface area contributed by atoms with Gasteiger partial charge >= 0.3 is 0 Å². The molecule has 0 amide bonds. The molecule has 0 aliphatic carbocycles. The van der Waals surface area contributed by atoms with Crippen LogP contribution in [0.4, 0.5) is 0 Å². The highest BCUT2D eigenvalue weighted by Crippen LogP contribution is 2.22. The first kappa shape index (κ1) is 9.03. The van der Waals surface area contributed by atoms with Crippen LogP contribution in [0.15, 0.2) is 22.8 Å². The van der Waals surface area contributed by atoms with E-state index in [4.69, 9.17) is 11.6 Å². The Morgan fingerprint density at radius 3 is 3.00 bits per heavy atom. The van der Waals surface area contributed by atoms with Gasteiger partial charge in [0.05, 0.1) is 10.1 Å². The van der Waals surface area contributed by atoms with Crippen LogP contribution < -0.4 is 0 Å². The summed E-state index contributed by atoms with van der Waals surface area (Å²) < 4.78 is 3.00. The van der Waals surface area contributed by atoms with E-state index in [2.05, 4.69) is 27.8 Å². The van der Waals surface area contributed by atoms with E-state index >= 15 is 0 Å². The molecule has 2 aromatic rings. The summed E-state index contributed by atoms with van der Waals surface area (Å²) >= 11 is 9.44. The Morgan fingerprint density at radius 2 is 2.31 bits per heavy atom. The number of rotatable bonds is 1. The summed E-state index contributed by atoms with van der Waals surface area (Å²) in [6.45, 7) is 2.06. The standard InChI is InChI=1S/C9H8BrClN2/c1-2-8-12-9(11)6-4-3-5-7(10)13(6)8/h3-5H,2H2,1H3. The highest BCUT2D eigenvalue weighted by molar-refractivity contribution is 9.10. The van der Waals surface area contributed by atoms with Crippen molar-refractivity contribution in [3.8, 4) is 0 Å². The minimum Gasteiger partial charge on any atom is -0.289 e. The molecule has 2 rings (SSSR count). The zero-order valence-electron chi connectivity index (χ0n) is 7.09. The van der Waals surface area contributed by atoms with Crippen molar-refractivity contribution in [1.29, 1.82) is 0 Å². The average molecular weight is 260 g/mol. The van der Waals surface area contributed by atoms with Gasteiger partial charge in [0.1, 0.15) is 5.82 Å². The first-order valence-corrected chi connectivity index (χ1v) is 5.22. The van der Waals surface area contributed by atoms with Crippen LogP contribution >= 0.6 is 27.5 Å². The van der Waals surface area contributed by atoms with Crippen molar-refractivity contribution in [2.75, 3.05) is 0 Å². The van der Waals surface area contributed by atoms with Crippen LogP contribution in [0.2, 0.25) is 5.15 Å². The summed E-state index contributed by atoms with van der Waals surface area (Å²) in [4.78, 5) is 4.27. The second kappa shape index (κ2) is 3.31. The number of fused-ring (bicyclic) bond motifs is 1. The van der Waals surface area contributed by atoms with E-state index in [0.717, 1.165) is 22.4 Å². The van der Waals surface area contributed by atoms with Crippen LogP contribution in [0.1, 0.15) is 12.7 Å². The fraction of sp³-hybridized carbons (Fsp3) is 0.222. The molecular weight excluding hydrogens is 251 g/mol. The topological polar surface area (TPSA) is 17.3 Å². The predicted molar refractivity (Wildman–Crippen MR) is 57.3 cm³/mol. The van der Waals surface area contributed by atoms with Crippen molar-refractivity contribution in [3.63, 3.8) is 0 Å². The molecule has 2 heterocycles. The molecule has 0 atom stereocenters. The highest BCUT2D eigenvalue weighted by Gasteiger charge is 2.08. The van der Waals surface area contributed by atoms with Gasteiger partial charge in [0.15, 0.2) is 5.15 Å². The minimum absolute atomic E-state index is 0.568. The highest BCUT2D eigenvalue weighted by atomic mass is 79.9. The second-order valence-electron chi connectivity index (χ2n) is 2.74. The number of nitrogens with zero attached hydrogens (tertiary/aromatic N) is 2. The van der Waals surface area contributed by atoms with Crippen LogP contribution in [-0.2, 0) is 6.42 Å². The molecular formula is C9H8BrClN2. The molecule has 0 saturated heterocycles. The second-order valence-corrected chi connectivity index (χ2v) is 3.91. The maximum absolute atomic E-state index is 5.98. The van der Waals surface area contributed by atoms with Crippen molar-refractivity contribution in [1.82, 2.24) is 9.38 Å². The Morgan fingerprint density at radius 1 is 1.54 bits per heavy atom. The molecule has 0 spiro atoms. The lowest BCUT2D eigenvalue weighted by atomic mass is 10.4. The summed E-state index contributed by atoms with van der Waals surface area (Å²) in [6.07, 6.45) is 0.872. The van der Waals surface area contributed by atoms with Gasteiger partial charge in [-0.25, -0.2) is 4.98 Å². The lowest BCUT2D eigenvalue weighted by Gasteiger charge is -2.00. The number of halogens is 2. The van der Waals surface area contributed by atoms with Crippen molar-refractivity contribution in [2.45, 2.75) is 13.3 Å². The molecule has 0 aliphatic heterocycles. The average Bonchev–Trinajstić information content (AvgIpc) is 2.45. The first-order chi connectivity index (χ1) is 6.24. The van der Waals surface area contributed by atoms with Crippen LogP contribution in [-0.4, -0.2) is 9.38 Å². The smallest absolute Gasteiger partial charge is 0.155 e. The van der Waals surface area contributed by atoms with Gasteiger partial charge in [0, 0.05) is 6.42 Å². The molecule has 2 aromatic heterocycles. The zero-order chi connectivity index (χ0) is 9.42. The number of imidazole rings is 1. The Bertz CT molecular complexity index is 450. The van der Waals surface area contributed by atoms with E-state index in [0.29, 0.717) is 5.15 Å². The molecule has 0 bridgehead atoms. The Kier molecular flexibility index (Phi) is 2.30. The van der Waals surface area contributed by atoms with Gasteiger partial charge in [-0.2, -0.15) is 0 Å². The van der Waals surface area contributed by atoms with Gasteiger partial charge in [-0.05, 0) is 28.1 Å². The summed E-state index contributed by atoms with van der Waals surface area (Å²) in [5.74, 6) is 0.979. The largest absolute Gasteiger partial charge is 0.289 e. The lowest BCUT2D eigenvalue weighted by molar-refractivity contribution is 0.920. The number of hydrogen-bond acceptors (Lipinski definition) is 1. The maximum Gasteiger partial charge on any atom is 0.155 e. The van der Waals surface area contributed by atoms with Crippen molar-refractivity contribution in [3.05, 3.63) is 33.8 Å². The third-order valence-corrected chi connectivity index (χ3v) is 2.85. The molecule has 13 heavy (non-hydrogen) atoms. The third kappa shape index (κ3) is 1.36. The number of aryl methyl sites for hydroxylation is 1. The lowest BCUT2D eigenvalue weighted by Crippen LogP contribution is -1.93. The van der Waals surface area contributed by atoms with Crippen molar-refractivity contribution >= 4 is 33.0 Å². The van der Waals surface area contributed by atoms with E-state index in [1.807, 2.05) is 22.6 Å². The zero-order valence-corrected chi connectivity index (χ0v) is 9.43. The van der Waals surface area contributed by atoms with Gasteiger partial charge in [-0.1, -0.05) is 24.6 Å². The maximum atomic E-state index is 5.98. The van der Waals surface area contributed by atoms with Crippen LogP contribution in [0.5, 0.6) is 0 Å². The first-order valence-electron chi connectivity index (χ1n) is 4.05. The van der Waals surface area contributed by atoms with Crippen LogP contribution in [0.3, 0.4) is 0 Å². The van der Waals surface area contributed by atoms with Crippen LogP contribution in [0, 0.1) is 0 Å². The van der Waals surface area contributed by atoms with E-state index in [1.165, 1.54) is 0 Å². The van der Waals surface area contributed by atoms with E-state index in [-0.39, 0.29) is 0 Å². The molecule has 0 N–H and O–H groups in total. The molecule has 0 unspecified atom stereocenters. The number of aromatic nitrogens is 2. The SMILES string of the molecule is CCc1nc(Cl)c2cccc(Br)n12. The number of pyridine rings is 1. The molecule has 68 valence electrons. The van der Waals surface area contributed by atoms with Gasteiger partial charge < -0.3 is 0 Å². The Hall–Kier alpha value is -0.540. The summed E-state index contributed by atoms with van der Waals surface area (Å²) in [6, 6.07) is 5.88. The number of hydrogen-bond donors (Lipinski definition) is 0. The molecule has 2 nitrogen and oxygen atoms in total. The molecule has 0 aliphatic rings. The predicted octanol–water partition coefficient (Wildman–Crippen LogP) is 3.31.